The molecule has 0 radical (unpaired) electrons. The van der Waals surface area contributed by atoms with Gasteiger partial charge in [-0.05, 0) is 40.3 Å². The van der Waals surface area contributed by atoms with Crippen molar-refractivity contribution < 1.29 is 9.59 Å². The van der Waals surface area contributed by atoms with Gasteiger partial charge in [0, 0.05) is 32.4 Å². The Kier molecular flexibility index (Phi) is 3.91. The van der Waals surface area contributed by atoms with E-state index in [9.17, 15) is 9.59 Å². The summed E-state index contributed by atoms with van der Waals surface area (Å²) in [6.07, 6.45) is 1.80. The first-order valence-electron chi connectivity index (χ1n) is 12.5. The summed E-state index contributed by atoms with van der Waals surface area (Å²) in [6, 6.07) is 28.9. The maximum atomic E-state index is 13.1. The van der Waals surface area contributed by atoms with Gasteiger partial charge in [-0.1, -0.05) is 86.6 Å². The second-order valence-electron chi connectivity index (χ2n) is 10.5. The lowest BCUT2D eigenvalue weighted by atomic mass is 9.73. The van der Waals surface area contributed by atoms with Gasteiger partial charge in [0.05, 0.1) is 16.9 Å². The molecule has 3 aliphatic rings. The molecule has 1 aromatic heterocycles. The van der Waals surface area contributed by atoms with Crippen molar-refractivity contribution in [2.24, 2.45) is 0 Å². The second-order valence-corrected chi connectivity index (χ2v) is 11.5. The maximum absolute atomic E-state index is 13.1. The Morgan fingerprint density at radius 1 is 0.730 bits per heavy atom. The van der Waals surface area contributed by atoms with Gasteiger partial charge in [-0.25, -0.2) is 0 Å². The third-order valence-corrected chi connectivity index (χ3v) is 9.22. The van der Waals surface area contributed by atoms with E-state index < -0.39 is 0 Å². The fourth-order valence-corrected chi connectivity index (χ4v) is 7.61. The number of Topliss-reactive ketones (excluding diaryl/α,β-unsaturated/α-hetero) is 2. The third kappa shape index (κ3) is 2.55. The van der Waals surface area contributed by atoms with Gasteiger partial charge in [-0.3, -0.25) is 9.59 Å². The number of anilines is 3. The molecule has 0 bridgehead atoms. The Bertz CT molecular complexity index is 1870. The molecule has 0 saturated heterocycles. The van der Waals surface area contributed by atoms with Crippen LogP contribution in [0.4, 0.5) is 16.4 Å². The minimum absolute atomic E-state index is 0.187. The SMILES string of the molecule is CC1(C)c2cc(C=C3C(=O)c4ccccc4C3=O)sc2N2c3ccccc3-c3cccc4ccc1c2c34. The highest BCUT2D eigenvalue weighted by atomic mass is 32.1. The lowest BCUT2D eigenvalue weighted by Gasteiger charge is -2.43. The number of carbonyl (C=O) groups excluding carboxylic acids is 2. The number of nitrogens with zero attached hydrogens (tertiary/aromatic N) is 1. The number of hydrogen-bond acceptors (Lipinski definition) is 4. The van der Waals surface area contributed by atoms with Gasteiger partial charge in [-0.15, -0.1) is 11.3 Å². The lowest BCUT2D eigenvalue weighted by Crippen LogP contribution is -2.30. The number of hydrogen-bond donors (Lipinski definition) is 0. The predicted octanol–water partition coefficient (Wildman–Crippen LogP) is 8.45. The molecule has 5 aromatic rings. The van der Waals surface area contributed by atoms with Crippen LogP contribution in [-0.4, -0.2) is 11.6 Å². The highest BCUT2D eigenvalue weighted by Crippen LogP contribution is 2.61. The van der Waals surface area contributed by atoms with E-state index in [0.29, 0.717) is 11.1 Å². The van der Waals surface area contributed by atoms with Crippen LogP contribution in [0.25, 0.3) is 28.0 Å². The molecule has 0 spiro atoms. The Morgan fingerprint density at radius 3 is 2.16 bits per heavy atom. The molecule has 0 saturated carbocycles. The van der Waals surface area contributed by atoms with Gasteiger partial charge < -0.3 is 4.90 Å². The fourth-order valence-electron chi connectivity index (χ4n) is 6.32. The molecule has 37 heavy (non-hydrogen) atoms. The van der Waals surface area contributed by atoms with Gasteiger partial charge >= 0.3 is 0 Å². The molecule has 4 heteroatoms. The molecule has 2 aliphatic heterocycles. The quantitative estimate of drug-likeness (QED) is 0.170. The smallest absolute Gasteiger partial charge is 0.197 e. The molecule has 1 aliphatic carbocycles. The van der Waals surface area contributed by atoms with E-state index in [-0.39, 0.29) is 22.6 Å². The van der Waals surface area contributed by atoms with Gasteiger partial charge in [-0.2, -0.15) is 0 Å². The monoisotopic (exact) mass is 495 g/mol. The molecule has 176 valence electrons. The fraction of sp³-hybridized carbons (Fsp3) is 0.0909. The molecule has 4 aromatic carbocycles. The van der Waals surface area contributed by atoms with Crippen LogP contribution in [0.5, 0.6) is 0 Å². The highest BCUT2D eigenvalue weighted by Gasteiger charge is 2.42. The molecular weight excluding hydrogens is 474 g/mol. The Morgan fingerprint density at radius 2 is 1.41 bits per heavy atom. The summed E-state index contributed by atoms with van der Waals surface area (Å²) >= 11 is 1.65. The van der Waals surface area contributed by atoms with Crippen molar-refractivity contribution in [1.29, 1.82) is 0 Å². The van der Waals surface area contributed by atoms with Gasteiger partial charge in [0.15, 0.2) is 11.6 Å². The van der Waals surface area contributed by atoms with Crippen molar-refractivity contribution in [3.63, 3.8) is 0 Å². The minimum atomic E-state index is -0.241. The Hall–Kier alpha value is -4.28. The van der Waals surface area contributed by atoms with Crippen molar-refractivity contribution in [3.8, 4) is 11.1 Å². The van der Waals surface area contributed by atoms with E-state index in [4.69, 9.17) is 0 Å². The van der Waals surface area contributed by atoms with Crippen LogP contribution in [0.2, 0.25) is 0 Å². The Balaban J connectivity index is 1.39. The zero-order valence-corrected chi connectivity index (χ0v) is 21.1. The topological polar surface area (TPSA) is 37.4 Å². The molecule has 8 rings (SSSR count). The summed E-state index contributed by atoms with van der Waals surface area (Å²) < 4.78 is 0. The Labute approximate surface area is 218 Å². The first kappa shape index (κ1) is 20.9. The third-order valence-electron chi connectivity index (χ3n) is 8.15. The minimum Gasteiger partial charge on any atom is -0.300 e. The zero-order chi connectivity index (χ0) is 25.1. The standard InChI is InChI=1S/C33H21NO2S/c1-33(2)25-15-14-18-8-7-12-21-20-9-5-6-13-27(20)34(29(25)28(18)21)32-26(33)17-19(37-32)16-24-30(35)22-10-3-4-11-23(22)31(24)36/h3-17H,1-2H3. The summed E-state index contributed by atoms with van der Waals surface area (Å²) in [7, 11) is 0. The number of allylic oxidation sites excluding steroid dienone is 1. The first-order chi connectivity index (χ1) is 17.9. The number of benzene rings is 4. The van der Waals surface area contributed by atoms with Gasteiger partial charge in [0.1, 0.15) is 5.00 Å². The van der Waals surface area contributed by atoms with E-state index in [1.54, 1.807) is 29.5 Å². The number of rotatable bonds is 1. The van der Waals surface area contributed by atoms with E-state index in [0.717, 1.165) is 15.6 Å². The molecule has 0 amide bonds. The summed E-state index contributed by atoms with van der Waals surface area (Å²) in [5, 5.41) is 3.66. The van der Waals surface area contributed by atoms with Crippen LogP contribution in [0.1, 0.15) is 50.6 Å². The van der Waals surface area contributed by atoms with Gasteiger partial charge in [0.2, 0.25) is 0 Å². The number of thiophene rings is 1. The largest absolute Gasteiger partial charge is 0.300 e. The first-order valence-corrected chi connectivity index (χ1v) is 13.3. The molecular formula is C33H21NO2S. The molecule has 3 heterocycles. The van der Waals surface area contributed by atoms with Crippen molar-refractivity contribution in [2.45, 2.75) is 19.3 Å². The van der Waals surface area contributed by atoms with Crippen LogP contribution < -0.4 is 4.90 Å². The van der Waals surface area contributed by atoms with Crippen molar-refractivity contribution >= 4 is 56.1 Å². The van der Waals surface area contributed by atoms with E-state index in [2.05, 4.69) is 79.4 Å². The van der Waals surface area contributed by atoms with E-state index >= 15 is 0 Å². The van der Waals surface area contributed by atoms with E-state index in [1.807, 2.05) is 12.1 Å². The highest BCUT2D eigenvalue weighted by molar-refractivity contribution is 7.17. The average molecular weight is 496 g/mol. The van der Waals surface area contributed by atoms with Crippen molar-refractivity contribution in [2.75, 3.05) is 4.90 Å². The average Bonchev–Trinajstić information content (AvgIpc) is 3.45. The van der Waals surface area contributed by atoms with Crippen LogP contribution in [0.15, 0.2) is 90.5 Å². The summed E-state index contributed by atoms with van der Waals surface area (Å²) in [4.78, 5) is 29.5. The number of para-hydroxylation sites is 1. The predicted molar refractivity (Wildman–Crippen MR) is 151 cm³/mol. The van der Waals surface area contributed by atoms with Crippen LogP contribution in [0, 0.1) is 0 Å². The molecule has 0 unspecified atom stereocenters. The zero-order valence-electron chi connectivity index (χ0n) is 20.3. The lowest BCUT2D eigenvalue weighted by molar-refractivity contribution is 0.0990. The van der Waals surface area contributed by atoms with Crippen molar-refractivity contribution in [1.82, 2.24) is 0 Å². The summed E-state index contributed by atoms with van der Waals surface area (Å²) in [6.45, 7) is 4.55. The molecule has 0 fully saturated rings. The summed E-state index contributed by atoms with van der Waals surface area (Å²) in [5.41, 5.74) is 8.38. The molecule has 0 N–H and O–H groups in total. The normalized spacial score (nSPS) is 16.1. The summed E-state index contributed by atoms with van der Waals surface area (Å²) in [5.74, 6) is -0.373. The maximum Gasteiger partial charge on any atom is 0.197 e. The number of carbonyl (C=O) groups is 2. The molecule has 3 nitrogen and oxygen atoms in total. The van der Waals surface area contributed by atoms with Crippen LogP contribution in [-0.2, 0) is 5.41 Å². The van der Waals surface area contributed by atoms with Crippen LogP contribution >= 0.6 is 11.3 Å². The molecule has 0 atom stereocenters. The second kappa shape index (κ2) is 6.93. The van der Waals surface area contributed by atoms with Crippen LogP contribution in [0.3, 0.4) is 0 Å². The number of ketones is 2. The van der Waals surface area contributed by atoms with Gasteiger partial charge in [0.25, 0.3) is 0 Å². The number of fused-ring (bicyclic) bond motifs is 6. The van der Waals surface area contributed by atoms with Crippen molar-refractivity contribution in [3.05, 3.63) is 118 Å². The van der Waals surface area contributed by atoms with E-state index in [1.165, 1.54) is 38.7 Å².